The third-order valence-electron chi connectivity index (χ3n) is 16.7. The van der Waals surface area contributed by atoms with Gasteiger partial charge in [0.15, 0.2) is 5.72 Å². The number of benzene rings is 2. The predicted octanol–water partition coefficient (Wildman–Crippen LogP) is 3.96. The van der Waals surface area contributed by atoms with Crippen molar-refractivity contribution in [1.82, 2.24) is 36.1 Å². The minimum absolute atomic E-state index is 0.0444. The molecule has 9 atom stereocenters. The molecule has 8 N–H and O–H groups in total. The summed E-state index contributed by atoms with van der Waals surface area (Å²) in [4.78, 5) is 164. The molecule has 31 heteroatoms. The normalized spacial score (nSPS) is 23.4. The van der Waals surface area contributed by atoms with Crippen LogP contribution in [0.4, 0.5) is 25.8 Å². The van der Waals surface area contributed by atoms with Gasteiger partial charge in [0.25, 0.3) is 11.8 Å². The number of rotatable bonds is 26. The van der Waals surface area contributed by atoms with Gasteiger partial charge in [0, 0.05) is 91.5 Å². The SMILES string of the molecule is COc1cc2cc(c1Cl)N(C)C(=O)C[C@H](OC(=O)CN(C)C(=O)CCN(C)C(=O)OCc1ccc(NC(=O)[C@H](CCCNC(N)=O)NC(=O)[C@@H](NC(=O)CCCCC(=O)ON3C(=O)CCC3=O)C(C)C)cc1)[C@]1(C)O[C@H]1[C@H](C)[C@@H]1C[C@@](O)(NC(=O)O1)[C@H](OC)/C=C/C=C(\C)C2. The Morgan fingerprint density at radius 3 is 2.24 bits per heavy atom. The number of carbonyl (C=O) groups excluding carboxylic acids is 12. The minimum atomic E-state index is -1.91. The standard InChI is InChI=1S/C64H87ClN10O20/c1-36(2)56(70-48(76)18-11-12-19-53(81)95-75-50(78)24-25-51(75)79)59(84)69-42(16-14-27-67-60(66)85)58(83)68-41-22-20-39(21-23-41)35-91-62(87)72(6)28-26-49(77)73(7)34-54(82)93-47-32-52(80)74(8)43-30-40(31-44(89-9)55(43)65)29-37(3)15-13-17-46(90-10)64(88)33-45(92-61(86)71-64)38(4)57-63(47,5)94-57/h13,15,17,20-23,30-31,36,38,42,45-47,56-57,88H,11-12,14,16,18-19,24-29,32-35H2,1-10H3,(H,68,83)(H,69,84)(H,70,76)(H,71,86)(H3,66,67,85)/b17-13+,37-15+/t38-,42+,45+,46-,47+,56+,57+,63+,64+/m1/s1. The summed E-state index contributed by atoms with van der Waals surface area (Å²) in [5, 5.41) is 25.5. The molecule has 4 heterocycles. The van der Waals surface area contributed by atoms with Crippen LogP contribution in [0.1, 0.15) is 116 Å². The number of ether oxygens (including phenoxy) is 6. The number of halogens is 1. The lowest BCUT2D eigenvalue weighted by molar-refractivity contribution is -0.197. The molecule has 2 aromatic carbocycles. The van der Waals surface area contributed by atoms with Crippen LogP contribution in [0.15, 0.2) is 60.2 Å². The molecule has 95 heavy (non-hydrogen) atoms. The third kappa shape index (κ3) is 21.1. The Kier molecular flexibility index (Phi) is 26.9. The molecule has 30 nitrogen and oxygen atoms in total. The van der Waals surface area contributed by atoms with Gasteiger partial charge in [-0.3, -0.25) is 43.7 Å². The van der Waals surface area contributed by atoms with Crippen molar-refractivity contribution in [3.05, 3.63) is 76.3 Å². The molecule has 0 unspecified atom stereocenters. The van der Waals surface area contributed by atoms with Crippen LogP contribution in [0.3, 0.4) is 0 Å². The van der Waals surface area contributed by atoms with Gasteiger partial charge < -0.3 is 80.1 Å². The Balaban J connectivity index is 1.01. The number of nitrogens with one attached hydrogen (secondary N) is 5. The van der Waals surface area contributed by atoms with Crippen molar-refractivity contribution in [3.8, 4) is 5.75 Å². The number of hydroxylamine groups is 2. The average Bonchev–Trinajstić information content (AvgIpc) is 1.58. The van der Waals surface area contributed by atoms with Gasteiger partial charge >= 0.3 is 30.2 Å². The molecule has 0 spiro atoms. The lowest BCUT2D eigenvalue weighted by atomic mass is 9.83. The van der Waals surface area contributed by atoms with E-state index in [-0.39, 0.29) is 88.9 Å². The largest absolute Gasteiger partial charge is 0.495 e. The number of likely N-dealkylation sites (N-methyl/N-ethyl adjacent to an activating group) is 1. The van der Waals surface area contributed by atoms with Crippen molar-refractivity contribution < 1.29 is 95.9 Å². The number of anilines is 2. The van der Waals surface area contributed by atoms with Gasteiger partial charge in [-0.2, -0.15) is 0 Å². The number of aliphatic hydroxyl groups is 1. The number of urea groups is 1. The molecule has 6 rings (SSSR count). The van der Waals surface area contributed by atoms with Crippen LogP contribution in [0.25, 0.3) is 0 Å². The number of hydrogen-bond donors (Lipinski definition) is 7. The fourth-order valence-corrected chi connectivity index (χ4v) is 11.3. The number of nitrogens with two attached hydrogens (primary N) is 1. The molecule has 0 aromatic heterocycles. The highest BCUT2D eigenvalue weighted by Crippen LogP contribution is 2.49. The molecule has 520 valence electrons. The number of primary amides is 1. The molecule has 4 aliphatic rings. The Labute approximate surface area is 555 Å². The van der Waals surface area contributed by atoms with Gasteiger partial charge in [-0.05, 0) is 87.3 Å². The zero-order valence-corrected chi connectivity index (χ0v) is 55.8. The Hall–Kier alpha value is -8.87. The summed E-state index contributed by atoms with van der Waals surface area (Å²) < 4.78 is 34.8. The number of hydrogen-bond acceptors (Lipinski definition) is 20. The van der Waals surface area contributed by atoms with E-state index >= 15 is 0 Å². The number of unbranched alkanes of at least 4 members (excludes halogenated alkanes) is 1. The van der Waals surface area contributed by atoms with Gasteiger partial charge in [0.2, 0.25) is 29.5 Å². The first-order chi connectivity index (χ1) is 44.9. The maximum atomic E-state index is 14.4. The Bertz CT molecular complexity index is 3240. The summed E-state index contributed by atoms with van der Waals surface area (Å²) in [6.07, 6.45) is -0.676. The number of fused-ring (bicyclic) bond motifs is 5. The van der Waals surface area contributed by atoms with Crippen LogP contribution >= 0.6 is 11.6 Å². The van der Waals surface area contributed by atoms with Crippen LogP contribution in [0, 0.1) is 11.8 Å². The topological polar surface area (TPSA) is 392 Å². The van der Waals surface area contributed by atoms with Gasteiger partial charge in [0.05, 0.1) is 25.3 Å². The molecular formula is C64H87ClN10O20. The van der Waals surface area contributed by atoms with Crippen molar-refractivity contribution in [3.63, 3.8) is 0 Å². The van der Waals surface area contributed by atoms with E-state index in [1.165, 1.54) is 52.4 Å². The zero-order chi connectivity index (χ0) is 70.1. The monoisotopic (exact) mass is 1350 g/mol. The second-order valence-electron chi connectivity index (χ2n) is 24.5. The third-order valence-corrected chi connectivity index (χ3v) is 17.1. The Morgan fingerprint density at radius 1 is 0.905 bits per heavy atom. The van der Waals surface area contributed by atoms with Crippen LogP contribution in [-0.2, 0) is 84.7 Å². The van der Waals surface area contributed by atoms with Gasteiger partial charge in [-0.25, -0.2) is 19.2 Å². The summed E-state index contributed by atoms with van der Waals surface area (Å²) in [7, 11) is 7.13. The molecule has 0 aliphatic carbocycles. The molecule has 3 fully saturated rings. The van der Waals surface area contributed by atoms with Crippen molar-refractivity contribution >= 4 is 94.5 Å². The van der Waals surface area contributed by atoms with E-state index in [1.807, 2.05) is 13.0 Å². The second kappa shape index (κ2) is 34.0. The van der Waals surface area contributed by atoms with Crippen molar-refractivity contribution in [2.75, 3.05) is 65.2 Å². The lowest BCUT2D eigenvalue weighted by Gasteiger charge is -2.42. The van der Waals surface area contributed by atoms with E-state index in [2.05, 4.69) is 26.6 Å². The first kappa shape index (κ1) is 75.2. The van der Waals surface area contributed by atoms with Gasteiger partial charge in [0.1, 0.15) is 59.9 Å². The van der Waals surface area contributed by atoms with E-state index in [0.717, 1.165) is 20.9 Å². The minimum Gasteiger partial charge on any atom is -0.495 e. The highest BCUT2D eigenvalue weighted by atomic mass is 35.5. The van der Waals surface area contributed by atoms with Gasteiger partial charge in [-0.1, -0.05) is 68.3 Å². The summed E-state index contributed by atoms with van der Waals surface area (Å²) >= 11 is 6.82. The maximum Gasteiger partial charge on any atom is 0.409 e. The highest BCUT2D eigenvalue weighted by molar-refractivity contribution is 6.35. The lowest BCUT2D eigenvalue weighted by Crippen LogP contribution is -2.63. The number of esters is 1. The average molecular weight is 1350 g/mol. The molecule has 0 radical (unpaired) electrons. The summed E-state index contributed by atoms with van der Waals surface area (Å²) in [6, 6.07) is 6.70. The number of imide groups is 1. The number of nitrogens with zero attached hydrogens (tertiary/aromatic N) is 4. The molecule has 4 aliphatic heterocycles. The maximum absolute atomic E-state index is 14.4. The van der Waals surface area contributed by atoms with E-state index in [0.29, 0.717) is 34.2 Å². The fourth-order valence-electron chi connectivity index (χ4n) is 11.0. The van der Waals surface area contributed by atoms with Crippen molar-refractivity contribution in [2.24, 2.45) is 17.6 Å². The van der Waals surface area contributed by atoms with Crippen molar-refractivity contribution in [2.45, 2.75) is 166 Å². The predicted molar refractivity (Wildman–Crippen MR) is 340 cm³/mol. The van der Waals surface area contributed by atoms with E-state index in [9.17, 15) is 62.6 Å². The highest BCUT2D eigenvalue weighted by Gasteiger charge is 2.64. The first-order valence-electron chi connectivity index (χ1n) is 31.2. The molecular weight excluding hydrogens is 1260 g/mol. The molecule has 2 aromatic rings. The van der Waals surface area contributed by atoms with E-state index < -0.39 is 144 Å². The fraction of sp³-hybridized carbons (Fsp3) is 0.562. The summed E-state index contributed by atoms with van der Waals surface area (Å²) in [5.74, 6) is -6.58. The van der Waals surface area contributed by atoms with Crippen LogP contribution < -0.4 is 42.0 Å². The van der Waals surface area contributed by atoms with Crippen LogP contribution in [-0.4, -0.2) is 194 Å². The van der Waals surface area contributed by atoms with Crippen LogP contribution in [0.5, 0.6) is 5.75 Å². The zero-order valence-electron chi connectivity index (χ0n) is 55.1. The second-order valence-corrected chi connectivity index (χ2v) is 24.9. The molecule has 3 saturated heterocycles. The van der Waals surface area contributed by atoms with Crippen LogP contribution in [0.2, 0.25) is 5.02 Å². The number of allylic oxidation sites excluding steroid dienone is 3. The Morgan fingerprint density at radius 2 is 1.59 bits per heavy atom. The summed E-state index contributed by atoms with van der Waals surface area (Å²) in [5.41, 5.74) is 4.68. The van der Waals surface area contributed by atoms with E-state index in [1.54, 1.807) is 64.1 Å². The van der Waals surface area contributed by atoms with Crippen molar-refractivity contribution in [1.29, 1.82) is 0 Å². The first-order valence-corrected chi connectivity index (χ1v) is 31.5. The molecule has 11 amide bonds. The molecule has 4 bridgehead atoms. The number of amides is 11. The number of epoxide rings is 1. The molecule has 0 saturated carbocycles. The summed E-state index contributed by atoms with van der Waals surface area (Å²) in [6.45, 7) is 7.82. The number of carbonyl (C=O) groups is 12. The van der Waals surface area contributed by atoms with E-state index in [4.69, 9.17) is 50.6 Å². The number of methoxy groups -OCH3 is 2. The van der Waals surface area contributed by atoms with Gasteiger partial charge in [-0.15, -0.1) is 5.06 Å². The number of alkyl carbamates (subject to hydrolysis) is 1. The smallest absolute Gasteiger partial charge is 0.409 e. The quantitative estimate of drug-likeness (QED) is 0.0230.